The van der Waals surface area contributed by atoms with Gasteiger partial charge in [0, 0.05) is 12.6 Å². The predicted molar refractivity (Wildman–Crippen MR) is 84.9 cm³/mol. The summed E-state index contributed by atoms with van der Waals surface area (Å²) in [6, 6.07) is 5.45. The lowest BCUT2D eigenvalue weighted by Crippen LogP contribution is -2.42. The second-order valence-corrected chi connectivity index (χ2v) is 6.83. The predicted octanol–water partition coefficient (Wildman–Crippen LogP) is 3.76. The molecule has 0 aliphatic carbocycles. The minimum Gasteiger partial charge on any atom is -0.488 e. The van der Waals surface area contributed by atoms with Crippen LogP contribution in [0.5, 0.6) is 5.75 Å². The molecule has 0 spiro atoms. The molecule has 0 bridgehead atoms. The lowest BCUT2D eigenvalue weighted by atomic mass is 9.88. The van der Waals surface area contributed by atoms with Crippen LogP contribution in [-0.4, -0.2) is 30.4 Å². The van der Waals surface area contributed by atoms with Crippen LogP contribution in [0.3, 0.4) is 0 Å². The maximum absolute atomic E-state index is 9.93. The molecule has 0 saturated carbocycles. The van der Waals surface area contributed by atoms with Gasteiger partial charge < -0.3 is 15.2 Å². The topological polar surface area (TPSA) is 41.5 Å². The van der Waals surface area contributed by atoms with E-state index < -0.39 is 6.10 Å². The second-order valence-electron chi connectivity index (χ2n) is 6.01. The van der Waals surface area contributed by atoms with E-state index in [2.05, 4.69) is 33.0 Å². The first-order valence-corrected chi connectivity index (χ1v) is 7.45. The Morgan fingerprint density at radius 3 is 2.30 bits per heavy atom. The van der Waals surface area contributed by atoms with Crippen LogP contribution in [-0.2, 0) is 0 Å². The molecule has 0 radical (unpaired) electrons. The lowest BCUT2D eigenvalue weighted by Gasteiger charge is -2.29. The largest absolute Gasteiger partial charge is 0.488 e. The normalized spacial score (nSPS) is 14.9. The van der Waals surface area contributed by atoms with Gasteiger partial charge in [-0.25, -0.2) is 0 Å². The average molecular weight is 320 g/mol. The van der Waals surface area contributed by atoms with Gasteiger partial charge in [0.2, 0.25) is 0 Å². The summed E-state index contributed by atoms with van der Waals surface area (Å²) in [6.07, 6.45) is -0.618. The molecule has 1 aromatic carbocycles. The van der Waals surface area contributed by atoms with Crippen molar-refractivity contribution in [2.24, 2.45) is 5.41 Å². The van der Waals surface area contributed by atoms with E-state index in [9.17, 15) is 5.11 Å². The third-order valence-corrected chi connectivity index (χ3v) is 3.89. The molecule has 1 aromatic rings. The van der Waals surface area contributed by atoms with Gasteiger partial charge in [-0.2, -0.15) is 0 Å². The minimum atomic E-state index is -0.618. The van der Waals surface area contributed by atoms with Crippen molar-refractivity contribution in [3.8, 4) is 5.75 Å². The quantitative estimate of drug-likeness (QED) is 0.838. The molecule has 2 unspecified atom stereocenters. The Kier molecular flexibility index (Phi) is 6.59. The molecular formula is C15H23Cl2NO2. The summed E-state index contributed by atoms with van der Waals surface area (Å²) < 4.78 is 5.49. The van der Waals surface area contributed by atoms with Gasteiger partial charge >= 0.3 is 0 Å². The Balaban J connectivity index is 2.42. The van der Waals surface area contributed by atoms with E-state index in [0.29, 0.717) is 28.4 Å². The number of rotatable bonds is 6. The van der Waals surface area contributed by atoms with E-state index in [1.807, 2.05) is 0 Å². The molecule has 2 atom stereocenters. The highest BCUT2D eigenvalue weighted by Crippen LogP contribution is 2.32. The Morgan fingerprint density at radius 1 is 1.25 bits per heavy atom. The molecule has 114 valence electrons. The number of para-hydroxylation sites is 1. The number of halogens is 2. The first-order valence-electron chi connectivity index (χ1n) is 6.70. The van der Waals surface area contributed by atoms with Crippen LogP contribution in [0.4, 0.5) is 0 Å². The van der Waals surface area contributed by atoms with E-state index in [0.717, 1.165) is 0 Å². The molecule has 5 heteroatoms. The van der Waals surface area contributed by atoms with Gasteiger partial charge in [-0.1, -0.05) is 50.0 Å². The number of hydrogen-bond acceptors (Lipinski definition) is 3. The molecule has 0 saturated heterocycles. The van der Waals surface area contributed by atoms with Gasteiger partial charge in [0.15, 0.2) is 5.75 Å². The Bertz CT molecular complexity index is 412. The van der Waals surface area contributed by atoms with Crippen LogP contribution in [0.1, 0.15) is 27.7 Å². The number of benzene rings is 1. The van der Waals surface area contributed by atoms with Crippen molar-refractivity contribution in [1.29, 1.82) is 0 Å². The van der Waals surface area contributed by atoms with Gasteiger partial charge in [-0.05, 0) is 24.5 Å². The van der Waals surface area contributed by atoms with Crippen LogP contribution < -0.4 is 10.1 Å². The van der Waals surface area contributed by atoms with Crippen LogP contribution in [0.2, 0.25) is 10.0 Å². The molecule has 0 aliphatic rings. The number of aliphatic hydroxyl groups is 1. The summed E-state index contributed by atoms with van der Waals surface area (Å²) in [5, 5.41) is 14.1. The average Bonchev–Trinajstić information content (AvgIpc) is 2.34. The zero-order valence-corrected chi connectivity index (χ0v) is 13.9. The van der Waals surface area contributed by atoms with E-state index >= 15 is 0 Å². The fourth-order valence-electron chi connectivity index (χ4n) is 1.48. The first-order chi connectivity index (χ1) is 9.21. The monoisotopic (exact) mass is 319 g/mol. The molecule has 3 nitrogen and oxygen atoms in total. The van der Waals surface area contributed by atoms with Gasteiger partial charge in [-0.3, -0.25) is 0 Å². The first kappa shape index (κ1) is 17.6. The number of hydrogen-bond donors (Lipinski definition) is 2. The molecule has 1 rings (SSSR count). The molecule has 0 aliphatic heterocycles. The van der Waals surface area contributed by atoms with E-state index in [1.54, 1.807) is 18.2 Å². The summed E-state index contributed by atoms with van der Waals surface area (Å²) in [4.78, 5) is 0. The van der Waals surface area contributed by atoms with Gasteiger partial charge in [0.05, 0.1) is 10.0 Å². The van der Waals surface area contributed by atoms with Crippen molar-refractivity contribution in [1.82, 2.24) is 5.32 Å². The number of nitrogens with one attached hydrogen (secondary N) is 1. The SMILES string of the molecule is CC(NCC(O)COc1c(Cl)cccc1Cl)C(C)(C)C. The van der Waals surface area contributed by atoms with E-state index in [-0.39, 0.29) is 12.0 Å². The fourth-order valence-corrected chi connectivity index (χ4v) is 1.98. The smallest absolute Gasteiger partial charge is 0.156 e. The van der Waals surface area contributed by atoms with Gasteiger partial charge in [0.1, 0.15) is 12.7 Å². The van der Waals surface area contributed by atoms with Crippen LogP contribution >= 0.6 is 23.2 Å². The van der Waals surface area contributed by atoms with E-state index in [4.69, 9.17) is 27.9 Å². The lowest BCUT2D eigenvalue weighted by molar-refractivity contribution is 0.0987. The molecule has 20 heavy (non-hydrogen) atoms. The Morgan fingerprint density at radius 2 is 1.80 bits per heavy atom. The minimum absolute atomic E-state index is 0.145. The van der Waals surface area contributed by atoms with Crippen molar-refractivity contribution in [3.63, 3.8) is 0 Å². The summed E-state index contributed by atoms with van der Waals surface area (Å²) in [5.41, 5.74) is 0.145. The summed E-state index contributed by atoms with van der Waals surface area (Å²) in [5.74, 6) is 0.416. The summed E-state index contributed by atoms with van der Waals surface area (Å²) >= 11 is 12.0. The highest BCUT2D eigenvalue weighted by Gasteiger charge is 2.20. The standard InChI is InChI=1S/C15H23Cl2NO2/c1-10(15(2,3)4)18-8-11(19)9-20-14-12(16)6-5-7-13(14)17/h5-7,10-11,18-19H,8-9H2,1-4H3. The van der Waals surface area contributed by atoms with Crippen molar-refractivity contribution in [3.05, 3.63) is 28.2 Å². The van der Waals surface area contributed by atoms with Crippen molar-refractivity contribution in [2.75, 3.05) is 13.2 Å². The maximum Gasteiger partial charge on any atom is 0.156 e. The third-order valence-electron chi connectivity index (χ3n) is 3.30. The number of aliphatic hydroxyl groups excluding tert-OH is 1. The highest BCUT2D eigenvalue weighted by atomic mass is 35.5. The maximum atomic E-state index is 9.93. The zero-order chi connectivity index (χ0) is 15.3. The van der Waals surface area contributed by atoms with Crippen LogP contribution in [0.25, 0.3) is 0 Å². The Hall–Kier alpha value is -0.480. The second kappa shape index (κ2) is 7.51. The summed E-state index contributed by atoms with van der Waals surface area (Å²) in [6.45, 7) is 9.15. The Labute approximate surface area is 131 Å². The third kappa shape index (κ3) is 5.49. The van der Waals surface area contributed by atoms with Gasteiger partial charge in [-0.15, -0.1) is 0 Å². The van der Waals surface area contributed by atoms with E-state index in [1.165, 1.54) is 0 Å². The molecule has 0 fully saturated rings. The number of ether oxygens (including phenoxy) is 1. The summed E-state index contributed by atoms with van der Waals surface area (Å²) in [7, 11) is 0. The molecule has 2 N–H and O–H groups in total. The molecular weight excluding hydrogens is 297 g/mol. The van der Waals surface area contributed by atoms with Crippen molar-refractivity contribution in [2.45, 2.75) is 39.8 Å². The molecule has 0 aromatic heterocycles. The van der Waals surface area contributed by atoms with Crippen molar-refractivity contribution >= 4 is 23.2 Å². The van der Waals surface area contributed by atoms with Crippen LogP contribution in [0, 0.1) is 5.41 Å². The molecule has 0 amide bonds. The fraction of sp³-hybridized carbons (Fsp3) is 0.600. The highest BCUT2D eigenvalue weighted by molar-refractivity contribution is 6.37. The van der Waals surface area contributed by atoms with Gasteiger partial charge in [0.25, 0.3) is 0 Å². The van der Waals surface area contributed by atoms with Crippen LogP contribution in [0.15, 0.2) is 18.2 Å². The molecule has 0 heterocycles. The zero-order valence-electron chi connectivity index (χ0n) is 12.4. The van der Waals surface area contributed by atoms with Crippen molar-refractivity contribution < 1.29 is 9.84 Å².